The largest absolute Gasteiger partial charge is 0.321 e. The summed E-state index contributed by atoms with van der Waals surface area (Å²) in [5, 5.41) is 2.39. The molecule has 0 saturated heterocycles. The van der Waals surface area contributed by atoms with Crippen LogP contribution in [-0.2, 0) is 16.4 Å². The van der Waals surface area contributed by atoms with Crippen molar-refractivity contribution in [1.82, 2.24) is 9.29 Å². The van der Waals surface area contributed by atoms with E-state index in [1.54, 1.807) is 18.2 Å². The number of rotatable bonds is 5. The van der Waals surface area contributed by atoms with Crippen molar-refractivity contribution in [3.05, 3.63) is 51.8 Å². The molecule has 1 aliphatic carbocycles. The van der Waals surface area contributed by atoms with Crippen LogP contribution in [0, 0.1) is 0 Å². The van der Waals surface area contributed by atoms with Crippen LogP contribution in [0.25, 0.3) is 21.7 Å². The lowest BCUT2D eigenvalue weighted by Crippen LogP contribution is -2.32. The minimum atomic E-state index is -3.55. The zero-order valence-electron chi connectivity index (χ0n) is 14.3. The van der Waals surface area contributed by atoms with E-state index in [0.29, 0.717) is 35.3 Å². The molecule has 6 heteroatoms. The third kappa shape index (κ3) is 2.24. The first kappa shape index (κ1) is 16.3. The Balaban J connectivity index is 2.05. The minimum Gasteiger partial charge on any atom is -0.321 e. The Morgan fingerprint density at radius 1 is 1.12 bits per heavy atom. The molecular weight excluding hydrogens is 336 g/mol. The van der Waals surface area contributed by atoms with Crippen LogP contribution in [0.5, 0.6) is 0 Å². The summed E-state index contributed by atoms with van der Waals surface area (Å²) in [5.74, 6) is 0. The number of pyridine rings is 1. The second-order valence-corrected chi connectivity index (χ2v) is 8.34. The lowest BCUT2D eigenvalue weighted by atomic mass is 10.1. The highest BCUT2D eigenvalue weighted by Gasteiger charge is 2.30. The van der Waals surface area contributed by atoms with E-state index in [2.05, 4.69) is 4.98 Å². The van der Waals surface area contributed by atoms with Crippen molar-refractivity contribution in [2.75, 3.05) is 13.1 Å². The lowest BCUT2D eigenvalue weighted by molar-refractivity contribution is 0.427. The first-order valence-corrected chi connectivity index (χ1v) is 10.0. The molecule has 1 aromatic heterocycles. The van der Waals surface area contributed by atoms with Gasteiger partial charge in [-0.15, -0.1) is 0 Å². The summed E-state index contributed by atoms with van der Waals surface area (Å²) < 4.78 is 27.9. The summed E-state index contributed by atoms with van der Waals surface area (Å²) in [5.41, 5.74) is 2.39. The Morgan fingerprint density at radius 3 is 2.64 bits per heavy atom. The number of benzene rings is 2. The predicted octanol–water partition coefficient (Wildman–Crippen LogP) is 3.01. The number of nitrogens with one attached hydrogen (secondary N) is 1. The molecule has 0 unspecified atom stereocenters. The topological polar surface area (TPSA) is 70.2 Å². The van der Waals surface area contributed by atoms with Gasteiger partial charge in [-0.05, 0) is 35.7 Å². The van der Waals surface area contributed by atoms with Gasteiger partial charge in [0.15, 0.2) is 0 Å². The summed E-state index contributed by atoms with van der Waals surface area (Å²) in [6.07, 6.45) is 1.31. The first-order chi connectivity index (χ1) is 12.0. The molecule has 0 radical (unpaired) electrons. The van der Waals surface area contributed by atoms with Crippen molar-refractivity contribution in [3.63, 3.8) is 0 Å². The van der Waals surface area contributed by atoms with Crippen LogP contribution in [0.1, 0.15) is 31.4 Å². The summed E-state index contributed by atoms with van der Waals surface area (Å²) in [6.45, 7) is 4.78. The van der Waals surface area contributed by atoms with E-state index < -0.39 is 10.0 Å². The molecule has 1 N–H and O–H groups in total. The third-order valence-electron chi connectivity index (χ3n) is 4.97. The Bertz CT molecular complexity index is 1160. The van der Waals surface area contributed by atoms with Gasteiger partial charge in [0.25, 0.3) is 5.56 Å². The molecule has 0 fully saturated rings. The van der Waals surface area contributed by atoms with Gasteiger partial charge in [-0.1, -0.05) is 26.0 Å². The van der Waals surface area contributed by atoms with E-state index in [1.165, 1.54) is 4.31 Å². The van der Waals surface area contributed by atoms with Crippen molar-refractivity contribution in [2.24, 2.45) is 0 Å². The molecular formula is C19H20N2O3S. The van der Waals surface area contributed by atoms with Crippen molar-refractivity contribution < 1.29 is 8.42 Å². The monoisotopic (exact) mass is 356 g/mol. The smallest absolute Gasteiger partial charge is 0.256 e. The first-order valence-electron chi connectivity index (χ1n) is 8.58. The van der Waals surface area contributed by atoms with Crippen molar-refractivity contribution in [2.45, 2.75) is 31.6 Å². The summed E-state index contributed by atoms with van der Waals surface area (Å²) in [7, 11) is -3.55. The molecule has 1 heterocycles. The van der Waals surface area contributed by atoms with Gasteiger partial charge in [-0.2, -0.15) is 4.31 Å². The van der Waals surface area contributed by atoms with Gasteiger partial charge in [-0.3, -0.25) is 4.79 Å². The molecule has 0 spiro atoms. The highest BCUT2D eigenvalue weighted by atomic mass is 32.2. The standard InChI is InChI=1S/C19H20N2O3S/c1-3-10-21(4-2)25(23,24)16-9-8-15-18-14(16)11-12-6-5-7-13(17(12)18)19(22)20-15/h5-9H,3-4,10-11H2,1-2H3,(H,20,22). The zero-order valence-corrected chi connectivity index (χ0v) is 15.1. The average molecular weight is 356 g/mol. The van der Waals surface area contributed by atoms with Gasteiger partial charge in [0, 0.05) is 41.2 Å². The molecule has 0 saturated carbocycles. The lowest BCUT2D eigenvalue weighted by Gasteiger charge is -2.21. The fourth-order valence-electron chi connectivity index (χ4n) is 3.88. The van der Waals surface area contributed by atoms with E-state index in [4.69, 9.17) is 0 Å². The predicted molar refractivity (Wildman–Crippen MR) is 99.6 cm³/mol. The maximum atomic E-state index is 13.2. The number of sulfonamides is 1. The number of nitrogens with zero attached hydrogens (tertiary/aromatic N) is 1. The fraction of sp³-hybridized carbons (Fsp3) is 0.316. The van der Waals surface area contributed by atoms with Gasteiger partial charge in [0.2, 0.25) is 10.0 Å². The van der Waals surface area contributed by atoms with Crippen molar-refractivity contribution in [1.29, 1.82) is 0 Å². The van der Waals surface area contributed by atoms with Crippen LogP contribution in [0.3, 0.4) is 0 Å². The molecule has 0 bridgehead atoms. The maximum Gasteiger partial charge on any atom is 0.256 e. The Labute approximate surface area is 146 Å². The van der Waals surface area contributed by atoms with Crippen molar-refractivity contribution >= 4 is 31.7 Å². The van der Waals surface area contributed by atoms with Gasteiger partial charge in [0.05, 0.1) is 4.90 Å². The quantitative estimate of drug-likeness (QED) is 0.559. The third-order valence-corrected chi connectivity index (χ3v) is 7.03. The number of aromatic nitrogens is 1. The van der Waals surface area contributed by atoms with E-state index >= 15 is 0 Å². The van der Waals surface area contributed by atoms with Crippen LogP contribution in [0.2, 0.25) is 0 Å². The van der Waals surface area contributed by atoms with Crippen LogP contribution >= 0.6 is 0 Å². The Kier molecular flexibility index (Phi) is 3.70. The molecule has 0 amide bonds. The second kappa shape index (κ2) is 5.68. The summed E-state index contributed by atoms with van der Waals surface area (Å²) >= 11 is 0. The molecule has 1 aliphatic rings. The highest BCUT2D eigenvalue weighted by Crippen LogP contribution is 2.39. The minimum absolute atomic E-state index is 0.131. The molecule has 0 aliphatic heterocycles. The van der Waals surface area contributed by atoms with Gasteiger partial charge < -0.3 is 4.98 Å². The molecule has 2 aromatic carbocycles. The summed E-state index contributed by atoms with van der Waals surface area (Å²) in [6, 6.07) is 8.98. The van der Waals surface area contributed by atoms with Crippen molar-refractivity contribution in [3.8, 4) is 0 Å². The molecule has 3 aromatic rings. The van der Waals surface area contributed by atoms with Crippen LogP contribution in [0.4, 0.5) is 0 Å². The molecule has 130 valence electrons. The van der Waals surface area contributed by atoms with E-state index in [1.807, 2.05) is 26.0 Å². The van der Waals surface area contributed by atoms with E-state index in [-0.39, 0.29) is 5.56 Å². The highest BCUT2D eigenvalue weighted by molar-refractivity contribution is 7.89. The molecule has 25 heavy (non-hydrogen) atoms. The number of H-pyrrole nitrogens is 1. The van der Waals surface area contributed by atoms with Crippen LogP contribution in [0.15, 0.2) is 40.0 Å². The number of hydrogen-bond acceptors (Lipinski definition) is 3. The van der Waals surface area contributed by atoms with E-state index in [0.717, 1.165) is 28.3 Å². The van der Waals surface area contributed by atoms with Gasteiger partial charge >= 0.3 is 0 Å². The second-order valence-electron chi connectivity index (χ2n) is 6.43. The molecule has 4 rings (SSSR count). The maximum absolute atomic E-state index is 13.2. The average Bonchev–Trinajstić information content (AvgIpc) is 2.98. The van der Waals surface area contributed by atoms with Gasteiger partial charge in [-0.25, -0.2) is 8.42 Å². The number of aromatic amines is 1. The summed E-state index contributed by atoms with van der Waals surface area (Å²) in [4.78, 5) is 15.6. The fourth-order valence-corrected chi connectivity index (χ4v) is 5.65. The number of hydrogen-bond donors (Lipinski definition) is 1. The molecule has 5 nitrogen and oxygen atoms in total. The van der Waals surface area contributed by atoms with E-state index in [9.17, 15) is 13.2 Å². The van der Waals surface area contributed by atoms with Crippen LogP contribution < -0.4 is 5.56 Å². The van der Waals surface area contributed by atoms with Gasteiger partial charge in [0.1, 0.15) is 0 Å². The zero-order chi connectivity index (χ0) is 17.8. The molecule has 0 atom stereocenters. The SMILES string of the molecule is CCCN(CC)S(=O)(=O)c1ccc2[nH]c(=O)c3cccc4c3c2c1C4. The van der Waals surface area contributed by atoms with Crippen LogP contribution in [-0.4, -0.2) is 30.8 Å². The Hall–Kier alpha value is -2.18. The normalized spacial score (nSPS) is 13.6. The Morgan fingerprint density at radius 2 is 1.92 bits per heavy atom.